The van der Waals surface area contributed by atoms with Gasteiger partial charge in [0.05, 0.1) is 13.2 Å². The van der Waals surface area contributed by atoms with Crippen LogP contribution in [0.4, 0.5) is 0 Å². The number of nitrogens with two attached hydrogens (primary N) is 1. The van der Waals surface area contributed by atoms with Crippen molar-refractivity contribution in [3.8, 4) is 0 Å². The highest BCUT2D eigenvalue weighted by Gasteiger charge is 2.35. The molecule has 4 heteroatoms. The molecule has 0 spiro atoms. The van der Waals surface area contributed by atoms with E-state index >= 15 is 0 Å². The minimum absolute atomic E-state index is 0.213. The van der Waals surface area contributed by atoms with Crippen molar-refractivity contribution >= 4 is 0 Å². The van der Waals surface area contributed by atoms with Gasteiger partial charge in [0.1, 0.15) is 0 Å². The second-order valence-corrected chi connectivity index (χ2v) is 4.75. The minimum atomic E-state index is 0.213. The smallest absolute Gasteiger partial charge is 0.0593 e. The topological polar surface area (TPSA) is 47.7 Å². The van der Waals surface area contributed by atoms with E-state index in [0.717, 1.165) is 65.4 Å². The Kier molecular flexibility index (Phi) is 3.97. The zero-order valence-electron chi connectivity index (χ0n) is 9.41. The molecule has 0 saturated carbocycles. The fourth-order valence-corrected chi connectivity index (χ4v) is 2.43. The van der Waals surface area contributed by atoms with Crippen molar-refractivity contribution in [2.45, 2.75) is 12.8 Å². The van der Waals surface area contributed by atoms with Crippen LogP contribution in [0.5, 0.6) is 0 Å². The van der Waals surface area contributed by atoms with E-state index in [2.05, 4.69) is 4.90 Å². The molecular formula is C11H22N2O2. The summed E-state index contributed by atoms with van der Waals surface area (Å²) in [5, 5.41) is 0. The molecular weight excluding hydrogens is 192 g/mol. The first-order valence-electron chi connectivity index (χ1n) is 5.93. The lowest BCUT2D eigenvalue weighted by molar-refractivity contribution is 0.105. The average Bonchev–Trinajstić information content (AvgIpc) is 2.57. The number of nitrogens with zero attached hydrogens (tertiary/aromatic N) is 1. The van der Waals surface area contributed by atoms with E-state index in [1.54, 1.807) is 0 Å². The molecule has 88 valence electrons. The van der Waals surface area contributed by atoms with Gasteiger partial charge in [0.15, 0.2) is 0 Å². The van der Waals surface area contributed by atoms with E-state index in [0.29, 0.717) is 0 Å². The Bertz CT molecular complexity index is 185. The van der Waals surface area contributed by atoms with Crippen LogP contribution in [0.15, 0.2) is 0 Å². The summed E-state index contributed by atoms with van der Waals surface area (Å²) in [5.41, 5.74) is 6.10. The molecule has 2 saturated heterocycles. The molecule has 0 aliphatic carbocycles. The first kappa shape index (κ1) is 11.3. The number of hydrogen-bond acceptors (Lipinski definition) is 4. The fraction of sp³-hybridized carbons (Fsp3) is 1.00. The SMILES string of the molecule is NCC1(CN2CCCOCC2)CCOC1. The summed E-state index contributed by atoms with van der Waals surface area (Å²) in [6.07, 6.45) is 2.25. The van der Waals surface area contributed by atoms with E-state index in [1.807, 2.05) is 0 Å². The number of hydrogen-bond donors (Lipinski definition) is 1. The number of ether oxygens (including phenoxy) is 2. The summed E-state index contributed by atoms with van der Waals surface area (Å²) in [4.78, 5) is 2.48. The van der Waals surface area contributed by atoms with Crippen molar-refractivity contribution < 1.29 is 9.47 Å². The lowest BCUT2D eigenvalue weighted by Gasteiger charge is -2.32. The quantitative estimate of drug-likeness (QED) is 0.722. The molecule has 2 rings (SSSR count). The van der Waals surface area contributed by atoms with Crippen LogP contribution in [0.25, 0.3) is 0 Å². The summed E-state index contributed by atoms with van der Waals surface area (Å²) >= 11 is 0. The molecule has 0 aromatic heterocycles. The van der Waals surface area contributed by atoms with Crippen molar-refractivity contribution in [2.75, 3.05) is 52.6 Å². The monoisotopic (exact) mass is 214 g/mol. The second kappa shape index (κ2) is 5.25. The molecule has 2 N–H and O–H groups in total. The summed E-state index contributed by atoms with van der Waals surface area (Å²) in [6, 6.07) is 0. The predicted molar refractivity (Wildman–Crippen MR) is 58.8 cm³/mol. The molecule has 0 bridgehead atoms. The average molecular weight is 214 g/mol. The van der Waals surface area contributed by atoms with Crippen LogP contribution in [0.3, 0.4) is 0 Å². The Morgan fingerprint density at radius 1 is 1.13 bits per heavy atom. The standard InChI is InChI=1S/C11H22N2O2/c12-8-11(2-6-15-10-11)9-13-3-1-5-14-7-4-13/h1-10,12H2. The van der Waals surface area contributed by atoms with Gasteiger partial charge in [-0.1, -0.05) is 0 Å². The maximum absolute atomic E-state index is 5.89. The van der Waals surface area contributed by atoms with Gasteiger partial charge >= 0.3 is 0 Å². The lowest BCUT2D eigenvalue weighted by atomic mass is 9.87. The third-order valence-corrected chi connectivity index (χ3v) is 3.49. The maximum atomic E-state index is 5.89. The summed E-state index contributed by atoms with van der Waals surface area (Å²) in [5.74, 6) is 0. The van der Waals surface area contributed by atoms with E-state index < -0.39 is 0 Å². The zero-order valence-corrected chi connectivity index (χ0v) is 9.41. The highest BCUT2D eigenvalue weighted by atomic mass is 16.5. The van der Waals surface area contributed by atoms with Gasteiger partial charge in [-0.15, -0.1) is 0 Å². The molecule has 0 aromatic rings. The molecule has 1 unspecified atom stereocenters. The molecule has 0 aromatic carbocycles. The first-order valence-corrected chi connectivity index (χ1v) is 5.93. The van der Waals surface area contributed by atoms with Crippen LogP contribution in [0.1, 0.15) is 12.8 Å². The normalized spacial score (nSPS) is 34.2. The largest absolute Gasteiger partial charge is 0.381 e. The Balaban J connectivity index is 1.87. The van der Waals surface area contributed by atoms with Crippen LogP contribution in [-0.2, 0) is 9.47 Å². The van der Waals surface area contributed by atoms with Crippen LogP contribution in [0, 0.1) is 5.41 Å². The lowest BCUT2D eigenvalue weighted by Crippen LogP contribution is -2.44. The third-order valence-electron chi connectivity index (χ3n) is 3.49. The van der Waals surface area contributed by atoms with E-state index in [9.17, 15) is 0 Å². The molecule has 15 heavy (non-hydrogen) atoms. The first-order chi connectivity index (χ1) is 7.35. The Morgan fingerprint density at radius 2 is 2.07 bits per heavy atom. The van der Waals surface area contributed by atoms with Crippen LogP contribution in [-0.4, -0.2) is 57.5 Å². The molecule has 4 nitrogen and oxygen atoms in total. The van der Waals surface area contributed by atoms with Crippen molar-refractivity contribution in [3.63, 3.8) is 0 Å². The molecule has 2 fully saturated rings. The van der Waals surface area contributed by atoms with Gasteiger partial charge in [0.25, 0.3) is 0 Å². The molecule has 0 radical (unpaired) electrons. The van der Waals surface area contributed by atoms with Gasteiger partial charge in [0, 0.05) is 44.8 Å². The zero-order chi connectivity index (χ0) is 10.6. The Hall–Kier alpha value is -0.160. The van der Waals surface area contributed by atoms with E-state index in [4.69, 9.17) is 15.2 Å². The van der Waals surface area contributed by atoms with Crippen LogP contribution >= 0.6 is 0 Å². The van der Waals surface area contributed by atoms with Gasteiger partial charge in [0.2, 0.25) is 0 Å². The van der Waals surface area contributed by atoms with Crippen LogP contribution in [0.2, 0.25) is 0 Å². The molecule has 0 amide bonds. The Labute approximate surface area is 91.7 Å². The van der Waals surface area contributed by atoms with E-state index in [1.165, 1.54) is 0 Å². The predicted octanol–water partition coefficient (Wildman–Crippen LogP) is 0.0741. The number of rotatable bonds is 3. The minimum Gasteiger partial charge on any atom is -0.381 e. The molecule has 2 aliphatic rings. The molecule has 1 atom stereocenters. The van der Waals surface area contributed by atoms with Gasteiger partial charge in [-0.2, -0.15) is 0 Å². The summed E-state index contributed by atoms with van der Waals surface area (Å²) in [6.45, 7) is 7.48. The van der Waals surface area contributed by atoms with E-state index in [-0.39, 0.29) is 5.41 Å². The van der Waals surface area contributed by atoms with Gasteiger partial charge in [-0.25, -0.2) is 0 Å². The molecule has 2 aliphatic heterocycles. The highest BCUT2D eigenvalue weighted by Crippen LogP contribution is 2.28. The summed E-state index contributed by atoms with van der Waals surface area (Å²) < 4.78 is 10.9. The summed E-state index contributed by atoms with van der Waals surface area (Å²) in [7, 11) is 0. The van der Waals surface area contributed by atoms with Crippen molar-refractivity contribution in [2.24, 2.45) is 11.1 Å². The fourth-order valence-electron chi connectivity index (χ4n) is 2.43. The van der Waals surface area contributed by atoms with Crippen molar-refractivity contribution in [1.82, 2.24) is 4.90 Å². The van der Waals surface area contributed by atoms with Crippen molar-refractivity contribution in [1.29, 1.82) is 0 Å². The van der Waals surface area contributed by atoms with Gasteiger partial charge in [-0.05, 0) is 12.8 Å². The van der Waals surface area contributed by atoms with Crippen molar-refractivity contribution in [3.05, 3.63) is 0 Å². The van der Waals surface area contributed by atoms with Crippen LogP contribution < -0.4 is 5.73 Å². The van der Waals surface area contributed by atoms with Gasteiger partial charge in [-0.3, -0.25) is 0 Å². The maximum Gasteiger partial charge on any atom is 0.0593 e. The molecule has 2 heterocycles. The highest BCUT2D eigenvalue weighted by molar-refractivity contribution is 4.87. The third kappa shape index (κ3) is 2.91. The van der Waals surface area contributed by atoms with Gasteiger partial charge < -0.3 is 20.1 Å². The Morgan fingerprint density at radius 3 is 2.80 bits per heavy atom. The second-order valence-electron chi connectivity index (χ2n) is 4.75.